The fraction of sp³-hybridized carbons (Fsp3) is 0.692. The van der Waals surface area contributed by atoms with Gasteiger partial charge in [0.05, 0.1) is 0 Å². The molecule has 1 aromatic heterocycles. The van der Waals surface area contributed by atoms with Gasteiger partial charge in [-0.15, -0.1) is 0 Å². The third-order valence-electron chi connectivity index (χ3n) is 3.16. The van der Waals surface area contributed by atoms with Crippen molar-refractivity contribution in [3.63, 3.8) is 0 Å². The van der Waals surface area contributed by atoms with E-state index in [9.17, 15) is 0 Å². The summed E-state index contributed by atoms with van der Waals surface area (Å²) in [7, 11) is 0. The lowest BCUT2D eigenvalue weighted by atomic mass is 10.2. The van der Waals surface area contributed by atoms with E-state index < -0.39 is 0 Å². The van der Waals surface area contributed by atoms with E-state index >= 15 is 0 Å². The highest BCUT2D eigenvalue weighted by atomic mass is 15.2. The SMILES string of the molecule is Cc1nc(NCCC(C)N)cc(N2CCCC2)n1. The third kappa shape index (κ3) is 3.57. The van der Waals surface area contributed by atoms with Crippen LogP contribution in [0.15, 0.2) is 6.07 Å². The van der Waals surface area contributed by atoms with E-state index in [2.05, 4.69) is 20.2 Å². The van der Waals surface area contributed by atoms with Crippen LogP contribution >= 0.6 is 0 Å². The number of nitrogens with one attached hydrogen (secondary N) is 1. The van der Waals surface area contributed by atoms with Crippen molar-refractivity contribution in [2.75, 3.05) is 29.9 Å². The Morgan fingerprint density at radius 2 is 2.11 bits per heavy atom. The molecule has 0 bridgehead atoms. The van der Waals surface area contributed by atoms with Gasteiger partial charge in [0.25, 0.3) is 0 Å². The van der Waals surface area contributed by atoms with Crippen LogP contribution in [0.2, 0.25) is 0 Å². The zero-order valence-electron chi connectivity index (χ0n) is 11.3. The van der Waals surface area contributed by atoms with Crippen molar-refractivity contribution in [3.8, 4) is 0 Å². The molecule has 3 N–H and O–H groups in total. The van der Waals surface area contributed by atoms with Crippen LogP contribution < -0.4 is 16.0 Å². The largest absolute Gasteiger partial charge is 0.370 e. The molecule has 5 nitrogen and oxygen atoms in total. The van der Waals surface area contributed by atoms with Crippen LogP contribution in [-0.2, 0) is 0 Å². The minimum absolute atomic E-state index is 0.221. The van der Waals surface area contributed by atoms with Crippen molar-refractivity contribution in [2.24, 2.45) is 5.73 Å². The van der Waals surface area contributed by atoms with Gasteiger partial charge in [0.15, 0.2) is 0 Å². The Bertz CT molecular complexity index is 385. The lowest BCUT2D eigenvalue weighted by Gasteiger charge is -2.18. The van der Waals surface area contributed by atoms with E-state index in [4.69, 9.17) is 5.73 Å². The zero-order valence-corrected chi connectivity index (χ0v) is 11.3. The van der Waals surface area contributed by atoms with Crippen LogP contribution in [0.1, 0.15) is 32.0 Å². The van der Waals surface area contributed by atoms with Gasteiger partial charge >= 0.3 is 0 Å². The zero-order chi connectivity index (χ0) is 13.0. The molecular formula is C13H23N5. The second-order valence-corrected chi connectivity index (χ2v) is 5.05. The smallest absolute Gasteiger partial charge is 0.134 e. The molecule has 0 amide bonds. The van der Waals surface area contributed by atoms with E-state index in [0.29, 0.717) is 0 Å². The predicted octanol–water partition coefficient (Wildman–Crippen LogP) is 1.53. The van der Waals surface area contributed by atoms with Crippen molar-refractivity contribution < 1.29 is 0 Å². The maximum atomic E-state index is 5.73. The molecule has 100 valence electrons. The Labute approximate surface area is 109 Å². The average Bonchev–Trinajstić information content (AvgIpc) is 2.81. The first kappa shape index (κ1) is 13.1. The second-order valence-electron chi connectivity index (χ2n) is 5.05. The maximum absolute atomic E-state index is 5.73. The number of hydrogen-bond acceptors (Lipinski definition) is 5. The Morgan fingerprint density at radius 3 is 2.78 bits per heavy atom. The summed E-state index contributed by atoms with van der Waals surface area (Å²) in [6, 6.07) is 2.26. The minimum atomic E-state index is 0.221. The van der Waals surface area contributed by atoms with Crippen molar-refractivity contribution in [2.45, 2.75) is 39.2 Å². The van der Waals surface area contributed by atoms with Crippen LogP contribution in [0.5, 0.6) is 0 Å². The van der Waals surface area contributed by atoms with Crippen LogP contribution in [0.4, 0.5) is 11.6 Å². The molecule has 18 heavy (non-hydrogen) atoms. The fourth-order valence-electron chi connectivity index (χ4n) is 2.18. The first-order chi connectivity index (χ1) is 8.65. The summed E-state index contributed by atoms with van der Waals surface area (Å²) in [4.78, 5) is 11.2. The number of nitrogens with two attached hydrogens (primary N) is 1. The highest BCUT2D eigenvalue weighted by Crippen LogP contribution is 2.20. The summed E-state index contributed by atoms with van der Waals surface area (Å²) < 4.78 is 0. The first-order valence-corrected chi connectivity index (χ1v) is 6.75. The molecule has 1 aliphatic rings. The van der Waals surface area contributed by atoms with Gasteiger partial charge in [-0.2, -0.15) is 0 Å². The van der Waals surface area contributed by atoms with Gasteiger partial charge in [-0.25, -0.2) is 9.97 Å². The maximum Gasteiger partial charge on any atom is 0.134 e. The van der Waals surface area contributed by atoms with Gasteiger partial charge in [-0.1, -0.05) is 0 Å². The minimum Gasteiger partial charge on any atom is -0.370 e. The molecule has 1 fully saturated rings. The molecule has 1 aliphatic heterocycles. The fourth-order valence-corrected chi connectivity index (χ4v) is 2.18. The number of aromatic nitrogens is 2. The van der Waals surface area contributed by atoms with Crippen LogP contribution in [0, 0.1) is 6.92 Å². The summed E-state index contributed by atoms with van der Waals surface area (Å²) in [6.45, 7) is 7.03. The van der Waals surface area contributed by atoms with Crippen LogP contribution in [0.25, 0.3) is 0 Å². The lowest BCUT2D eigenvalue weighted by Crippen LogP contribution is -2.21. The molecule has 1 unspecified atom stereocenters. The highest BCUT2D eigenvalue weighted by molar-refractivity contribution is 5.49. The predicted molar refractivity (Wildman–Crippen MR) is 75.0 cm³/mol. The standard InChI is InChI=1S/C13H23N5/c1-10(14)5-6-15-12-9-13(17-11(2)16-12)18-7-3-4-8-18/h9-10H,3-8,14H2,1-2H3,(H,15,16,17). The topological polar surface area (TPSA) is 67.1 Å². The molecule has 1 aromatic rings. The van der Waals surface area contributed by atoms with Gasteiger partial charge in [0.1, 0.15) is 17.5 Å². The van der Waals surface area contributed by atoms with Gasteiger partial charge in [0.2, 0.25) is 0 Å². The molecule has 0 spiro atoms. The normalized spacial score (nSPS) is 16.9. The summed E-state index contributed by atoms with van der Waals surface area (Å²) in [6.07, 6.45) is 3.47. The van der Waals surface area contributed by atoms with Gasteiger partial charge in [0, 0.05) is 31.7 Å². The van der Waals surface area contributed by atoms with Gasteiger partial charge < -0.3 is 16.0 Å². The molecular weight excluding hydrogens is 226 g/mol. The third-order valence-corrected chi connectivity index (χ3v) is 3.16. The number of anilines is 2. The van der Waals surface area contributed by atoms with Gasteiger partial charge in [-0.05, 0) is 33.1 Å². The quantitative estimate of drug-likeness (QED) is 0.828. The van der Waals surface area contributed by atoms with Crippen molar-refractivity contribution in [1.82, 2.24) is 9.97 Å². The number of hydrogen-bond donors (Lipinski definition) is 2. The van der Waals surface area contributed by atoms with E-state index in [1.54, 1.807) is 0 Å². The molecule has 1 atom stereocenters. The van der Waals surface area contributed by atoms with Crippen molar-refractivity contribution >= 4 is 11.6 Å². The number of aryl methyl sites for hydroxylation is 1. The summed E-state index contributed by atoms with van der Waals surface area (Å²) in [5, 5.41) is 3.32. The number of nitrogens with zero attached hydrogens (tertiary/aromatic N) is 3. The van der Waals surface area contributed by atoms with Crippen LogP contribution in [-0.4, -0.2) is 35.6 Å². The molecule has 0 saturated carbocycles. The first-order valence-electron chi connectivity index (χ1n) is 6.75. The van der Waals surface area contributed by atoms with Crippen molar-refractivity contribution in [3.05, 3.63) is 11.9 Å². The Hall–Kier alpha value is -1.36. The molecule has 2 heterocycles. The molecule has 2 rings (SSSR count). The highest BCUT2D eigenvalue weighted by Gasteiger charge is 2.14. The Balaban J connectivity index is 2.01. The summed E-state index contributed by atoms with van der Waals surface area (Å²) in [5.41, 5.74) is 5.73. The van der Waals surface area contributed by atoms with E-state index in [1.165, 1.54) is 12.8 Å². The van der Waals surface area contributed by atoms with E-state index in [-0.39, 0.29) is 6.04 Å². The Morgan fingerprint density at radius 1 is 1.39 bits per heavy atom. The number of rotatable bonds is 5. The van der Waals surface area contributed by atoms with Crippen molar-refractivity contribution in [1.29, 1.82) is 0 Å². The summed E-state index contributed by atoms with van der Waals surface area (Å²) >= 11 is 0. The van der Waals surface area contributed by atoms with Crippen LogP contribution in [0.3, 0.4) is 0 Å². The average molecular weight is 249 g/mol. The lowest BCUT2D eigenvalue weighted by molar-refractivity contribution is 0.689. The molecule has 1 saturated heterocycles. The molecule has 0 aliphatic carbocycles. The van der Waals surface area contributed by atoms with E-state index in [1.807, 2.05) is 19.9 Å². The second kappa shape index (κ2) is 6.00. The molecule has 0 aromatic carbocycles. The monoisotopic (exact) mass is 249 g/mol. The summed E-state index contributed by atoms with van der Waals surface area (Å²) in [5.74, 6) is 2.77. The Kier molecular flexibility index (Phi) is 4.36. The molecule has 5 heteroatoms. The molecule has 0 radical (unpaired) electrons. The van der Waals surface area contributed by atoms with E-state index in [0.717, 1.165) is 43.5 Å². The van der Waals surface area contributed by atoms with Gasteiger partial charge in [-0.3, -0.25) is 0 Å².